The molecule has 2 amide bonds. The summed E-state index contributed by atoms with van der Waals surface area (Å²) in [6.45, 7) is -0.268. The molecule has 0 aliphatic carbocycles. The minimum absolute atomic E-state index is 0.0731. The van der Waals surface area contributed by atoms with Gasteiger partial charge in [0.15, 0.2) is 11.6 Å². The first-order chi connectivity index (χ1) is 18.3. The molecule has 2 aromatic carbocycles. The summed E-state index contributed by atoms with van der Waals surface area (Å²) in [5, 5.41) is 4.80. The average molecular weight is 525 g/mol. The second kappa shape index (κ2) is 17.2. The third-order valence-corrected chi connectivity index (χ3v) is 5.25. The highest BCUT2D eigenvalue weighted by atomic mass is 16.5. The molecule has 0 unspecified atom stereocenters. The number of esters is 2. The highest BCUT2D eigenvalue weighted by Crippen LogP contribution is 2.04. The minimum atomic E-state index is -0.510. The van der Waals surface area contributed by atoms with E-state index in [-0.39, 0.29) is 76.4 Å². The number of benzene rings is 2. The van der Waals surface area contributed by atoms with Crippen LogP contribution in [-0.2, 0) is 51.5 Å². The van der Waals surface area contributed by atoms with Gasteiger partial charge in [-0.2, -0.15) is 0 Å². The third kappa shape index (κ3) is 13.7. The standard InChI is InChI=1S/C28H32N2O8/c31-23(11-15-27(35)37-19-21-7-3-1-4-8-21)17-29-25(33)13-14-26(34)30-18-24(32)12-16-28(36)38-20-22-9-5-2-6-10-22/h1-10H,11-20H2,(H,29,33)(H,30,34). The maximum absolute atomic E-state index is 11.9. The van der Waals surface area contributed by atoms with Crippen LogP contribution in [0.1, 0.15) is 49.7 Å². The van der Waals surface area contributed by atoms with E-state index in [4.69, 9.17) is 9.47 Å². The summed E-state index contributed by atoms with van der Waals surface area (Å²) >= 11 is 0. The van der Waals surface area contributed by atoms with Crippen molar-refractivity contribution in [1.29, 1.82) is 0 Å². The van der Waals surface area contributed by atoms with Gasteiger partial charge in [-0.3, -0.25) is 28.8 Å². The summed E-state index contributed by atoms with van der Waals surface area (Å²) in [6, 6.07) is 18.3. The molecule has 38 heavy (non-hydrogen) atoms. The largest absolute Gasteiger partial charge is 0.461 e. The molecule has 202 valence electrons. The number of hydrogen-bond donors (Lipinski definition) is 2. The van der Waals surface area contributed by atoms with Crippen LogP contribution in [0.25, 0.3) is 0 Å². The van der Waals surface area contributed by atoms with E-state index in [1.54, 1.807) is 0 Å². The number of carbonyl (C=O) groups is 6. The van der Waals surface area contributed by atoms with E-state index in [1.807, 2.05) is 60.7 Å². The summed E-state index contributed by atoms with van der Waals surface area (Å²) in [5.41, 5.74) is 1.68. The van der Waals surface area contributed by atoms with Crippen molar-refractivity contribution in [2.45, 2.75) is 51.7 Å². The minimum Gasteiger partial charge on any atom is -0.461 e. The van der Waals surface area contributed by atoms with Crippen molar-refractivity contribution in [3.63, 3.8) is 0 Å². The van der Waals surface area contributed by atoms with E-state index < -0.39 is 23.8 Å². The maximum atomic E-state index is 11.9. The number of carbonyl (C=O) groups excluding carboxylic acids is 6. The van der Waals surface area contributed by atoms with Crippen LogP contribution in [0.15, 0.2) is 60.7 Å². The Kier molecular flexibility index (Phi) is 13.5. The zero-order valence-electron chi connectivity index (χ0n) is 21.1. The topological polar surface area (TPSA) is 145 Å². The lowest BCUT2D eigenvalue weighted by Gasteiger charge is -2.07. The molecule has 10 nitrogen and oxygen atoms in total. The second-order valence-electron chi connectivity index (χ2n) is 8.42. The van der Waals surface area contributed by atoms with Crippen LogP contribution >= 0.6 is 0 Å². The Morgan fingerprint density at radius 1 is 0.500 bits per heavy atom. The molecule has 0 fully saturated rings. The SMILES string of the molecule is O=C(CCC(=O)OCc1ccccc1)CNC(=O)CCC(=O)NCC(=O)CCC(=O)OCc1ccccc1. The van der Waals surface area contributed by atoms with E-state index in [9.17, 15) is 28.8 Å². The van der Waals surface area contributed by atoms with Crippen LogP contribution in [0.2, 0.25) is 0 Å². The molecule has 2 N–H and O–H groups in total. The number of nitrogens with one attached hydrogen (secondary N) is 2. The van der Waals surface area contributed by atoms with Crippen LogP contribution in [0.3, 0.4) is 0 Å². The van der Waals surface area contributed by atoms with E-state index in [2.05, 4.69) is 10.6 Å². The second-order valence-corrected chi connectivity index (χ2v) is 8.42. The van der Waals surface area contributed by atoms with Gasteiger partial charge in [0.25, 0.3) is 0 Å². The molecule has 0 saturated heterocycles. The molecule has 0 saturated carbocycles. The molecule has 0 spiro atoms. The molecule has 10 heteroatoms. The smallest absolute Gasteiger partial charge is 0.306 e. The zero-order chi connectivity index (χ0) is 27.6. The molecule has 2 aromatic rings. The van der Waals surface area contributed by atoms with Crippen LogP contribution in [0, 0.1) is 0 Å². The van der Waals surface area contributed by atoms with Gasteiger partial charge in [-0.05, 0) is 11.1 Å². The Hall–Kier alpha value is -4.34. The molecule has 0 aliphatic heterocycles. The number of Topliss-reactive ketones (excluding diaryl/α,β-unsaturated/α-hetero) is 2. The highest BCUT2D eigenvalue weighted by molar-refractivity contribution is 5.91. The van der Waals surface area contributed by atoms with Gasteiger partial charge in [-0.1, -0.05) is 60.7 Å². The van der Waals surface area contributed by atoms with Gasteiger partial charge in [0, 0.05) is 25.7 Å². The van der Waals surface area contributed by atoms with Crippen molar-refractivity contribution in [3.05, 3.63) is 71.8 Å². The first kappa shape index (κ1) is 29.9. The fourth-order valence-corrected chi connectivity index (χ4v) is 3.08. The summed E-state index contributed by atoms with van der Waals surface area (Å²) < 4.78 is 10.2. The number of rotatable bonds is 17. The van der Waals surface area contributed by atoms with Gasteiger partial charge >= 0.3 is 11.9 Å². The van der Waals surface area contributed by atoms with E-state index in [0.717, 1.165) is 11.1 Å². The van der Waals surface area contributed by atoms with Crippen molar-refractivity contribution in [3.8, 4) is 0 Å². The molecule has 2 rings (SSSR count). The van der Waals surface area contributed by atoms with Crippen LogP contribution in [0.4, 0.5) is 0 Å². The molecule has 0 heterocycles. The monoisotopic (exact) mass is 524 g/mol. The maximum Gasteiger partial charge on any atom is 0.306 e. The Balaban J connectivity index is 1.48. The van der Waals surface area contributed by atoms with E-state index in [0.29, 0.717) is 0 Å². The van der Waals surface area contributed by atoms with Gasteiger partial charge < -0.3 is 20.1 Å². The Bertz CT molecular complexity index is 999. The summed E-state index contributed by atoms with van der Waals surface area (Å²) in [5.74, 6) is -2.72. The predicted octanol–water partition coefficient (Wildman–Crippen LogP) is 2.18. The van der Waals surface area contributed by atoms with Gasteiger partial charge in [0.2, 0.25) is 11.8 Å². The molecule has 0 bridgehead atoms. The van der Waals surface area contributed by atoms with Gasteiger partial charge in [-0.15, -0.1) is 0 Å². The summed E-state index contributed by atoms with van der Waals surface area (Å²) in [7, 11) is 0. The molecular formula is C28H32N2O8. The molecule has 0 aliphatic rings. The predicted molar refractivity (Wildman–Crippen MR) is 136 cm³/mol. The summed E-state index contributed by atoms with van der Waals surface area (Å²) in [4.78, 5) is 71.0. The van der Waals surface area contributed by atoms with Gasteiger partial charge in [0.05, 0.1) is 25.9 Å². The number of ketones is 2. The first-order valence-corrected chi connectivity index (χ1v) is 12.3. The van der Waals surface area contributed by atoms with Crippen molar-refractivity contribution in [2.75, 3.05) is 13.1 Å². The van der Waals surface area contributed by atoms with Crippen LogP contribution in [-0.4, -0.2) is 48.4 Å². The lowest BCUT2D eigenvalue weighted by molar-refractivity contribution is -0.146. The Morgan fingerprint density at radius 2 is 0.868 bits per heavy atom. The fraction of sp³-hybridized carbons (Fsp3) is 0.357. The first-order valence-electron chi connectivity index (χ1n) is 12.3. The van der Waals surface area contributed by atoms with Crippen LogP contribution in [0.5, 0.6) is 0 Å². The molecule has 0 aromatic heterocycles. The van der Waals surface area contributed by atoms with E-state index in [1.165, 1.54) is 0 Å². The lowest BCUT2D eigenvalue weighted by Crippen LogP contribution is -2.33. The Morgan fingerprint density at radius 3 is 1.24 bits per heavy atom. The summed E-state index contributed by atoms with van der Waals surface area (Å²) in [6.07, 6.45) is -0.672. The number of amides is 2. The third-order valence-electron chi connectivity index (χ3n) is 5.25. The zero-order valence-corrected chi connectivity index (χ0v) is 21.1. The van der Waals surface area contributed by atoms with Gasteiger partial charge in [-0.25, -0.2) is 0 Å². The quantitative estimate of drug-likeness (QED) is 0.300. The molecule has 0 atom stereocenters. The van der Waals surface area contributed by atoms with Crippen molar-refractivity contribution >= 4 is 35.3 Å². The number of ether oxygens (including phenoxy) is 2. The highest BCUT2D eigenvalue weighted by Gasteiger charge is 2.13. The normalized spacial score (nSPS) is 10.2. The molecule has 0 radical (unpaired) electrons. The van der Waals surface area contributed by atoms with Crippen molar-refractivity contribution in [1.82, 2.24) is 10.6 Å². The Labute approximate surface area is 221 Å². The molecular weight excluding hydrogens is 492 g/mol. The fourth-order valence-electron chi connectivity index (χ4n) is 3.08. The number of hydrogen-bond acceptors (Lipinski definition) is 8. The lowest BCUT2D eigenvalue weighted by atomic mass is 10.2. The van der Waals surface area contributed by atoms with Crippen molar-refractivity contribution in [2.24, 2.45) is 0 Å². The van der Waals surface area contributed by atoms with Crippen molar-refractivity contribution < 1.29 is 38.2 Å². The average Bonchev–Trinajstić information content (AvgIpc) is 2.94. The van der Waals surface area contributed by atoms with Gasteiger partial charge in [0.1, 0.15) is 13.2 Å². The van der Waals surface area contributed by atoms with E-state index >= 15 is 0 Å². The van der Waals surface area contributed by atoms with Crippen LogP contribution < -0.4 is 10.6 Å².